The Labute approximate surface area is 114 Å². The Kier molecular flexibility index (Phi) is 4.95. The molecule has 0 aromatic rings. The molecule has 1 heterocycles. The van der Waals surface area contributed by atoms with Crippen LogP contribution in [0.4, 0.5) is 4.79 Å². The second-order valence-electron chi connectivity index (χ2n) is 6.50. The van der Waals surface area contributed by atoms with Crippen LogP contribution in [0.25, 0.3) is 0 Å². The molecule has 1 fully saturated rings. The summed E-state index contributed by atoms with van der Waals surface area (Å²) in [5, 5.41) is 2.89. The smallest absolute Gasteiger partial charge is 0.408 e. The van der Waals surface area contributed by atoms with E-state index in [9.17, 15) is 4.79 Å². The highest BCUT2D eigenvalue weighted by atomic mass is 32.2. The van der Waals surface area contributed by atoms with Crippen molar-refractivity contribution in [3.05, 3.63) is 0 Å². The summed E-state index contributed by atoms with van der Waals surface area (Å²) < 4.78 is 5.28. The molecule has 0 radical (unpaired) electrons. The van der Waals surface area contributed by atoms with Gasteiger partial charge in [-0.05, 0) is 58.5 Å². The van der Waals surface area contributed by atoms with Crippen LogP contribution in [0, 0.1) is 5.92 Å². The molecule has 3 N–H and O–H groups in total. The second-order valence-corrected chi connectivity index (χ2v) is 7.65. The maximum atomic E-state index is 11.8. The number of rotatable bonds is 3. The summed E-state index contributed by atoms with van der Waals surface area (Å²) in [5.41, 5.74) is 5.36. The first-order chi connectivity index (χ1) is 8.12. The van der Waals surface area contributed by atoms with Crippen LogP contribution in [0.15, 0.2) is 0 Å². The number of ether oxygens (including phenoxy) is 1. The summed E-state index contributed by atoms with van der Waals surface area (Å²) in [6.45, 7) is 9.49. The van der Waals surface area contributed by atoms with Gasteiger partial charge in [-0.2, -0.15) is 11.8 Å². The van der Waals surface area contributed by atoms with Gasteiger partial charge in [0.15, 0.2) is 0 Å². The number of nitrogens with one attached hydrogen (secondary N) is 1. The first-order valence-electron chi connectivity index (χ1n) is 6.46. The minimum atomic E-state index is -0.479. The molecule has 1 aliphatic rings. The van der Waals surface area contributed by atoms with E-state index in [1.54, 1.807) is 0 Å². The highest BCUT2D eigenvalue weighted by Crippen LogP contribution is 2.29. The molecule has 2 atom stereocenters. The number of nitrogens with two attached hydrogens (primary N) is 1. The second kappa shape index (κ2) is 5.70. The van der Waals surface area contributed by atoms with E-state index >= 15 is 0 Å². The van der Waals surface area contributed by atoms with Gasteiger partial charge in [-0.3, -0.25) is 0 Å². The zero-order chi connectivity index (χ0) is 14.0. The molecular weight excluding hydrogens is 248 g/mol. The quantitative estimate of drug-likeness (QED) is 0.829. The maximum absolute atomic E-state index is 11.8. The summed E-state index contributed by atoms with van der Waals surface area (Å²) in [6.07, 6.45) is 0.735. The SMILES string of the molecule is CC(C)(C)OC(=O)NC(C)(C)C(N)C1CCSC1. The third-order valence-electron chi connectivity index (χ3n) is 3.13. The van der Waals surface area contributed by atoms with Crippen molar-refractivity contribution in [2.75, 3.05) is 11.5 Å². The fourth-order valence-electron chi connectivity index (χ4n) is 2.08. The van der Waals surface area contributed by atoms with Crippen LogP contribution >= 0.6 is 11.8 Å². The first-order valence-corrected chi connectivity index (χ1v) is 7.62. The van der Waals surface area contributed by atoms with Gasteiger partial charge in [0.05, 0.1) is 5.54 Å². The molecule has 0 aromatic carbocycles. The summed E-state index contributed by atoms with van der Waals surface area (Å²) in [6, 6.07) is -0.0416. The van der Waals surface area contributed by atoms with Gasteiger partial charge < -0.3 is 15.8 Å². The molecule has 1 amide bonds. The number of hydrogen-bond donors (Lipinski definition) is 2. The van der Waals surface area contributed by atoms with Crippen molar-refractivity contribution in [2.45, 2.75) is 58.2 Å². The monoisotopic (exact) mass is 274 g/mol. The van der Waals surface area contributed by atoms with Crippen LogP contribution in [0.2, 0.25) is 0 Å². The van der Waals surface area contributed by atoms with Gasteiger partial charge in [0, 0.05) is 6.04 Å². The van der Waals surface area contributed by atoms with E-state index in [4.69, 9.17) is 10.5 Å². The van der Waals surface area contributed by atoms with Gasteiger partial charge in [-0.1, -0.05) is 0 Å². The molecule has 1 rings (SSSR count). The Morgan fingerprint density at radius 2 is 2.00 bits per heavy atom. The third-order valence-corrected chi connectivity index (χ3v) is 4.32. The topological polar surface area (TPSA) is 64.3 Å². The standard InChI is InChI=1S/C13H26N2O2S/c1-12(2,3)17-11(16)15-13(4,5)10(14)9-6-7-18-8-9/h9-10H,6-8,14H2,1-5H3,(H,15,16). The number of alkyl carbamates (subject to hydrolysis) is 1. The van der Waals surface area contributed by atoms with Crippen molar-refractivity contribution >= 4 is 17.9 Å². The molecule has 1 aliphatic heterocycles. The largest absolute Gasteiger partial charge is 0.444 e. The van der Waals surface area contributed by atoms with E-state index in [1.165, 1.54) is 5.75 Å². The molecule has 106 valence electrons. The van der Waals surface area contributed by atoms with Crippen molar-refractivity contribution in [3.63, 3.8) is 0 Å². The van der Waals surface area contributed by atoms with Crippen LogP contribution in [0.5, 0.6) is 0 Å². The van der Waals surface area contributed by atoms with Gasteiger partial charge in [-0.25, -0.2) is 4.79 Å². The van der Waals surface area contributed by atoms with Crippen LogP contribution in [0.3, 0.4) is 0 Å². The highest BCUT2D eigenvalue weighted by Gasteiger charge is 2.36. The molecule has 0 aromatic heterocycles. The number of thioether (sulfide) groups is 1. The van der Waals surface area contributed by atoms with E-state index in [1.807, 2.05) is 46.4 Å². The minimum Gasteiger partial charge on any atom is -0.444 e. The normalized spacial score (nSPS) is 22.7. The van der Waals surface area contributed by atoms with Gasteiger partial charge in [-0.15, -0.1) is 0 Å². The van der Waals surface area contributed by atoms with Gasteiger partial charge in [0.2, 0.25) is 0 Å². The minimum absolute atomic E-state index is 0.0416. The van der Waals surface area contributed by atoms with Crippen LogP contribution in [-0.2, 0) is 4.74 Å². The zero-order valence-electron chi connectivity index (χ0n) is 12.1. The molecule has 0 aliphatic carbocycles. The number of hydrogen-bond acceptors (Lipinski definition) is 4. The fraction of sp³-hybridized carbons (Fsp3) is 0.923. The van der Waals surface area contributed by atoms with Gasteiger partial charge >= 0.3 is 6.09 Å². The van der Waals surface area contributed by atoms with Crippen molar-refractivity contribution in [2.24, 2.45) is 11.7 Å². The molecule has 18 heavy (non-hydrogen) atoms. The lowest BCUT2D eigenvalue weighted by Gasteiger charge is -2.36. The lowest BCUT2D eigenvalue weighted by Crippen LogP contribution is -2.59. The average Bonchev–Trinajstić information content (AvgIpc) is 2.64. The highest BCUT2D eigenvalue weighted by molar-refractivity contribution is 7.99. The van der Waals surface area contributed by atoms with E-state index in [0.29, 0.717) is 5.92 Å². The summed E-state index contributed by atoms with van der Waals surface area (Å²) in [7, 11) is 0. The molecule has 4 nitrogen and oxygen atoms in total. The number of carbonyl (C=O) groups excluding carboxylic acids is 1. The van der Waals surface area contributed by atoms with E-state index in [0.717, 1.165) is 12.2 Å². The Morgan fingerprint density at radius 1 is 1.39 bits per heavy atom. The van der Waals surface area contributed by atoms with Crippen LogP contribution in [-0.4, -0.2) is 34.8 Å². The zero-order valence-corrected chi connectivity index (χ0v) is 12.9. The molecule has 2 unspecified atom stereocenters. The molecule has 0 spiro atoms. The van der Waals surface area contributed by atoms with Gasteiger partial charge in [0.25, 0.3) is 0 Å². The van der Waals surface area contributed by atoms with Crippen molar-refractivity contribution < 1.29 is 9.53 Å². The molecular formula is C13H26N2O2S. The summed E-state index contributed by atoms with van der Waals surface area (Å²) in [5.74, 6) is 2.72. The van der Waals surface area contributed by atoms with Crippen LogP contribution < -0.4 is 11.1 Å². The first kappa shape index (κ1) is 15.6. The number of carbonyl (C=O) groups is 1. The van der Waals surface area contributed by atoms with Gasteiger partial charge in [0.1, 0.15) is 5.60 Å². The summed E-state index contributed by atoms with van der Waals surface area (Å²) in [4.78, 5) is 11.8. The molecule has 1 saturated heterocycles. The Hall–Kier alpha value is -0.420. The lowest BCUT2D eigenvalue weighted by molar-refractivity contribution is 0.0447. The van der Waals surface area contributed by atoms with E-state index < -0.39 is 17.2 Å². The number of amides is 1. The molecule has 0 saturated carbocycles. The van der Waals surface area contributed by atoms with Crippen molar-refractivity contribution in [1.82, 2.24) is 5.32 Å². The predicted molar refractivity (Wildman–Crippen MR) is 76.9 cm³/mol. The average molecular weight is 274 g/mol. The fourth-order valence-corrected chi connectivity index (χ4v) is 3.39. The Morgan fingerprint density at radius 3 is 2.44 bits per heavy atom. The summed E-state index contributed by atoms with van der Waals surface area (Å²) >= 11 is 1.93. The van der Waals surface area contributed by atoms with E-state index in [-0.39, 0.29) is 6.04 Å². The molecule has 5 heteroatoms. The van der Waals surface area contributed by atoms with Crippen molar-refractivity contribution in [1.29, 1.82) is 0 Å². The Bertz CT molecular complexity index is 294. The molecule has 0 bridgehead atoms. The predicted octanol–water partition coefficient (Wildman–Crippen LogP) is 2.37. The lowest BCUT2D eigenvalue weighted by atomic mass is 9.85. The maximum Gasteiger partial charge on any atom is 0.408 e. The van der Waals surface area contributed by atoms with Crippen LogP contribution in [0.1, 0.15) is 41.0 Å². The third kappa shape index (κ3) is 4.69. The Balaban J connectivity index is 2.54. The van der Waals surface area contributed by atoms with Crippen molar-refractivity contribution in [3.8, 4) is 0 Å². The van der Waals surface area contributed by atoms with E-state index in [2.05, 4.69) is 5.32 Å².